The summed E-state index contributed by atoms with van der Waals surface area (Å²) in [6, 6.07) is 6.74. The summed E-state index contributed by atoms with van der Waals surface area (Å²) in [6.45, 7) is 0. The van der Waals surface area contributed by atoms with Gasteiger partial charge in [-0.3, -0.25) is 0 Å². The third kappa shape index (κ3) is 3.19. The van der Waals surface area contributed by atoms with Crippen LogP contribution >= 0.6 is 11.6 Å². The summed E-state index contributed by atoms with van der Waals surface area (Å²) in [5, 5.41) is 11.7. The number of halogens is 2. The van der Waals surface area contributed by atoms with E-state index in [0.717, 1.165) is 5.56 Å². The van der Waals surface area contributed by atoms with Crippen molar-refractivity contribution >= 4 is 11.6 Å². The van der Waals surface area contributed by atoms with Gasteiger partial charge in [-0.05, 0) is 31.2 Å². The first-order valence-corrected chi connectivity index (χ1v) is 5.06. The standard InChI is InChI=1S/C11H12ClFN2/c1-15-11(3-2-6-14)8-4-5-10(13)9(12)7-8/h4-5,7,11,15H,2-3H2,1H3. The van der Waals surface area contributed by atoms with E-state index >= 15 is 0 Å². The molecule has 1 atom stereocenters. The van der Waals surface area contributed by atoms with Gasteiger partial charge in [0.25, 0.3) is 0 Å². The molecule has 0 bridgehead atoms. The molecule has 1 aromatic carbocycles. The van der Waals surface area contributed by atoms with Crippen LogP contribution in [-0.4, -0.2) is 7.05 Å². The molecule has 0 amide bonds. The van der Waals surface area contributed by atoms with Crippen LogP contribution in [0.3, 0.4) is 0 Å². The molecule has 1 unspecified atom stereocenters. The largest absolute Gasteiger partial charge is 0.313 e. The summed E-state index contributed by atoms with van der Waals surface area (Å²) in [6.07, 6.45) is 1.15. The number of hydrogen-bond acceptors (Lipinski definition) is 2. The lowest BCUT2D eigenvalue weighted by Gasteiger charge is -2.15. The monoisotopic (exact) mass is 226 g/mol. The van der Waals surface area contributed by atoms with Gasteiger partial charge in [-0.1, -0.05) is 17.7 Å². The maximum atomic E-state index is 12.9. The average Bonchev–Trinajstić information content (AvgIpc) is 2.24. The van der Waals surface area contributed by atoms with Crippen molar-refractivity contribution in [2.24, 2.45) is 0 Å². The fraction of sp³-hybridized carbons (Fsp3) is 0.364. The van der Waals surface area contributed by atoms with Gasteiger partial charge in [-0.2, -0.15) is 5.26 Å². The molecule has 4 heteroatoms. The highest BCUT2D eigenvalue weighted by atomic mass is 35.5. The molecule has 0 saturated heterocycles. The minimum atomic E-state index is -0.421. The second-order valence-corrected chi connectivity index (χ2v) is 3.62. The van der Waals surface area contributed by atoms with Crippen LogP contribution in [-0.2, 0) is 0 Å². The van der Waals surface area contributed by atoms with Crippen molar-refractivity contribution in [3.8, 4) is 6.07 Å². The third-order valence-electron chi connectivity index (χ3n) is 2.24. The maximum Gasteiger partial charge on any atom is 0.141 e. The third-order valence-corrected chi connectivity index (χ3v) is 2.53. The van der Waals surface area contributed by atoms with E-state index in [-0.39, 0.29) is 11.1 Å². The molecule has 0 aromatic heterocycles. The summed E-state index contributed by atoms with van der Waals surface area (Å²) in [5.41, 5.74) is 0.902. The minimum absolute atomic E-state index is 0.0442. The lowest BCUT2D eigenvalue weighted by Crippen LogP contribution is -2.16. The lowest BCUT2D eigenvalue weighted by molar-refractivity contribution is 0.554. The predicted octanol–water partition coefficient (Wildman–Crippen LogP) is 3.04. The van der Waals surface area contributed by atoms with E-state index < -0.39 is 5.82 Å². The normalized spacial score (nSPS) is 12.1. The molecular formula is C11H12ClFN2. The summed E-state index contributed by atoms with van der Waals surface area (Å²) in [5.74, 6) is -0.421. The second-order valence-electron chi connectivity index (χ2n) is 3.21. The molecule has 15 heavy (non-hydrogen) atoms. The number of nitrogens with zero attached hydrogens (tertiary/aromatic N) is 1. The fourth-order valence-corrected chi connectivity index (χ4v) is 1.60. The number of nitrogens with one attached hydrogen (secondary N) is 1. The van der Waals surface area contributed by atoms with Crippen molar-refractivity contribution in [1.82, 2.24) is 5.32 Å². The number of rotatable bonds is 4. The molecular weight excluding hydrogens is 215 g/mol. The molecule has 2 nitrogen and oxygen atoms in total. The van der Waals surface area contributed by atoms with E-state index in [1.54, 1.807) is 19.2 Å². The molecule has 1 aromatic rings. The first kappa shape index (κ1) is 12.0. The first-order valence-electron chi connectivity index (χ1n) is 4.68. The summed E-state index contributed by atoms with van der Waals surface area (Å²) < 4.78 is 12.9. The van der Waals surface area contributed by atoms with E-state index in [1.807, 2.05) is 0 Å². The molecule has 1 rings (SSSR count). The zero-order valence-electron chi connectivity index (χ0n) is 8.43. The number of hydrogen-bond donors (Lipinski definition) is 1. The van der Waals surface area contributed by atoms with Gasteiger partial charge in [0.05, 0.1) is 11.1 Å². The van der Waals surface area contributed by atoms with Crippen LogP contribution in [0.5, 0.6) is 0 Å². The zero-order valence-corrected chi connectivity index (χ0v) is 9.18. The summed E-state index contributed by atoms with van der Waals surface area (Å²) in [7, 11) is 1.80. The Kier molecular flexibility index (Phi) is 4.54. The Morgan fingerprint density at radius 1 is 1.60 bits per heavy atom. The smallest absolute Gasteiger partial charge is 0.141 e. The Balaban J connectivity index is 2.83. The van der Waals surface area contributed by atoms with Gasteiger partial charge in [-0.15, -0.1) is 0 Å². The Morgan fingerprint density at radius 2 is 2.33 bits per heavy atom. The lowest BCUT2D eigenvalue weighted by atomic mass is 10.0. The quantitative estimate of drug-likeness (QED) is 0.857. The van der Waals surface area contributed by atoms with Gasteiger partial charge in [0.15, 0.2) is 0 Å². The number of benzene rings is 1. The van der Waals surface area contributed by atoms with E-state index in [9.17, 15) is 4.39 Å². The molecule has 80 valence electrons. The zero-order chi connectivity index (χ0) is 11.3. The maximum absolute atomic E-state index is 12.9. The molecule has 1 N–H and O–H groups in total. The second kappa shape index (κ2) is 5.69. The van der Waals surface area contributed by atoms with Gasteiger partial charge < -0.3 is 5.32 Å². The van der Waals surface area contributed by atoms with E-state index in [1.165, 1.54) is 6.07 Å². The highest BCUT2D eigenvalue weighted by Crippen LogP contribution is 2.23. The average molecular weight is 227 g/mol. The van der Waals surface area contributed by atoms with Crippen LogP contribution in [0.25, 0.3) is 0 Å². The van der Waals surface area contributed by atoms with E-state index in [2.05, 4.69) is 11.4 Å². The van der Waals surface area contributed by atoms with Crippen LogP contribution in [0.15, 0.2) is 18.2 Å². The Bertz CT molecular complexity index is 373. The first-order chi connectivity index (χ1) is 7.19. The molecule has 0 fully saturated rings. The van der Waals surface area contributed by atoms with E-state index in [4.69, 9.17) is 16.9 Å². The topological polar surface area (TPSA) is 35.8 Å². The molecule has 0 saturated carbocycles. The van der Waals surface area contributed by atoms with Gasteiger partial charge in [-0.25, -0.2) is 4.39 Å². The van der Waals surface area contributed by atoms with Crippen molar-refractivity contribution in [3.05, 3.63) is 34.6 Å². The Labute approximate surface area is 93.7 Å². The van der Waals surface area contributed by atoms with Crippen molar-refractivity contribution in [3.63, 3.8) is 0 Å². The molecule has 0 heterocycles. The summed E-state index contributed by atoms with van der Waals surface area (Å²) in [4.78, 5) is 0. The Morgan fingerprint density at radius 3 is 2.87 bits per heavy atom. The van der Waals surface area contributed by atoms with Crippen LogP contribution in [0.4, 0.5) is 4.39 Å². The molecule has 0 radical (unpaired) electrons. The van der Waals surface area contributed by atoms with Crippen LogP contribution in [0.2, 0.25) is 5.02 Å². The predicted molar refractivity (Wildman–Crippen MR) is 58.1 cm³/mol. The van der Waals surface area contributed by atoms with Gasteiger partial charge in [0.2, 0.25) is 0 Å². The van der Waals surface area contributed by atoms with E-state index in [0.29, 0.717) is 12.8 Å². The highest BCUT2D eigenvalue weighted by Gasteiger charge is 2.10. The summed E-state index contributed by atoms with van der Waals surface area (Å²) >= 11 is 5.68. The van der Waals surface area contributed by atoms with Gasteiger partial charge in [0.1, 0.15) is 5.82 Å². The van der Waals surface area contributed by atoms with Crippen LogP contribution < -0.4 is 5.32 Å². The Hall–Kier alpha value is -1.11. The van der Waals surface area contributed by atoms with Gasteiger partial charge in [0, 0.05) is 12.5 Å². The van der Waals surface area contributed by atoms with Crippen molar-refractivity contribution in [2.75, 3.05) is 7.05 Å². The molecule has 0 spiro atoms. The van der Waals surface area contributed by atoms with Crippen LogP contribution in [0, 0.1) is 17.1 Å². The highest BCUT2D eigenvalue weighted by molar-refractivity contribution is 6.30. The van der Waals surface area contributed by atoms with Crippen LogP contribution in [0.1, 0.15) is 24.4 Å². The molecule has 0 aliphatic carbocycles. The van der Waals surface area contributed by atoms with Crippen molar-refractivity contribution in [1.29, 1.82) is 5.26 Å². The van der Waals surface area contributed by atoms with Crippen molar-refractivity contribution in [2.45, 2.75) is 18.9 Å². The molecule has 0 aliphatic rings. The number of nitriles is 1. The van der Waals surface area contributed by atoms with Crippen molar-refractivity contribution < 1.29 is 4.39 Å². The fourth-order valence-electron chi connectivity index (χ4n) is 1.42. The molecule has 0 aliphatic heterocycles. The van der Waals surface area contributed by atoms with Gasteiger partial charge >= 0.3 is 0 Å². The SMILES string of the molecule is CNC(CCC#N)c1ccc(F)c(Cl)c1. The minimum Gasteiger partial charge on any atom is -0.313 e.